The van der Waals surface area contributed by atoms with Crippen molar-refractivity contribution in [2.75, 3.05) is 33.9 Å². The quantitative estimate of drug-likeness (QED) is 0.745. The first-order valence-electron chi connectivity index (χ1n) is 10.1. The van der Waals surface area contributed by atoms with E-state index in [-0.39, 0.29) is 16.8 Å². The number of carbonyl (C=O) groups excluding carboxylic acids is 1. The molecule has 1 unspecified atom stereocenters. The smallest absolute Gasteiger partial charge is 0.254 e. The van der Waals surface area contributed by atoms with E-state index in [4.69, 9.17) is 9.47 Å². The summed E-state index contributed by atoms with van der Waals surface area (Å²) in [4.78, 5) is 15.2. The van der Waals surface area contributed by atoms with Gasteiger partial charge in [0.05, 0.1) is 24.2 Å². The molecule has 2 aromatic rings. The summed E-state index contributed by atoms with van der Waals surface area (Å²) in [6.45, 7) is 1.92. The Balaban J connectivity index is 1.56. The van der Waals surface area contributed by atoms with E-state index in [1.165, 1.54) is 26.2 Å². The van der Waals surface area contributed by atoms with Gasteiger partial charge in [0.2, 0.25) is 10.0 Å². The first-order valence-corrected chi connectivity index (χ1v) is 11.5. The number of nitrogens with zero attached hydrogens (tertiary/aromatic N) is 2. The molecule has 2 aliphatic heterocycles. The topological polar surface area (TPSA) is 76.2 Å². The molecule has 0 bridgehead atoms. The van der Waals surface area contributed by atoms with Crippen LogP contribution in [-0.4, -0.2) is 57.4 Å². The summed E-state index contributed by atoms with van der Waals surface area (Å²) in [5.74, 6) is 1.37. The molecule has 2 aromatic carbocycles. The molecule has 0 spiro atoms. The van der Waals surface area contributed by atoms with Gasteiger partial charge in [-0.2, -0.15) is 0 Å². The normalized spacial score (nSPS) is 19.0. The number of hydrogen-bond donors (Lipinski definition) is 0. The zero-order valence-corrected chi connectivity index (χ0v) is 18.0. The summed E-state index contributed by atoms with van der Waals surface area (Å²) < 4.78 is 37.2. The molecule has 160 valence electrons. The van der Waals surface area contributed by atoms with Crippen molar-refractivity contribution < 1.29 is 22.7 Å². The van der Waals surface area contributed by atoms with Crippen molar-refractivity contribution in [3.63, 3.8) is 0 Å². The third-order valence-corrected chi connectivity index (χ3v) is 7.38. The van der Waals surface area contributed by atoms with Gasteiger partial charge in [-0.3, -0.25) is 4.79 Å². The Kier molecular flexibility index (Phi) is 5.71. The second-order valence-corrected chi connectivity index (χ2v) is 9.88. The molecule has 30 heavy (non-hydrogen) atoms. The van der Waals surface area contributed by atoms with Crippen molar-refractivity contribution in [2.24, 2.45) is 0 Å². The fraction of sp³-hybridized carbons (Fsp3) is 0.409. The number of hydrogen-bond acceptors (Lipinski definition) is 5. The largest absolute Gasteiger partial charge is 0.490 e. The monoisotopic (exact) mass is 430 g/mol. The molecule has 2 aliphatic rings. The van der Waals surface area contributed by atoms with Crippen LogP contribution < -0.4 is 9.47 Å². The zero-order valence-electron chi connectivity index (χ0n) is 17.2. The van der Waals surface area contributed by atoms with Gasteiger partial charge in [0.1, 0.15) is 0 Å². The number of rotatable bonds is 4. The fourth-order valence-electron chi connectivity index (χ4n) is 3.89. The van der Waals surface area contributed by atoms with Gasteiger partial charge in [-0.1, -0.05) is 6.07 Å². The third-order valence-electron chi connectivity index (χ3n) is 5.55. The van der Waals surface area contributed by atoms with Gasteiger partial charge >= 0.3 is 0 Å². The Labute approximate surface area is 177 Å². The molecule has 0 radical (unpaired) electrons. The van der Waals surface area contributed by atoms with Crippen molar-refractivity contribution in [1.29, 1.82) is 0 Å². The number of fused-ring (bicyclic) bond motifs is 1. The molecule has 2 heterocycles. The second-order valence-electron chi connectivity index (χ2n) is 7.73. The van der Waals surface area contributed by atoms with Gasteiger partial charge in [-0.15, -0.1) is 0 Å². The highest BCUT2D eigenvalue weighted by atomic mass is 32.2. The molecule has 1 amide bonds. The molecule has 8 heteroatoms. The van der Waals surface area contributed by atoms with E-state index in [1.54, 1.807) is 12.1 Å². The van der Waals surface area contributed by atoms with E-state index in [1.807, 2.05) is 23.1 Å². The molecule has 4 rings (SSSR count). The summed E-state index contributed by atoms with van der Waals surface area (Å²) in [7, 11) is -0.552. The second kappa shape index (κ2) is 8.28. The summed E-state index contributed by atoms with van der Waals surface area (Å²) in [6.07, 6.45) is 2.63. The number of carbonyl (C=O) groups is 1. The summed E-state index contributed by atoms with van der Waals surface area (Å²) >= 11 is 0. The van der Waals surface area contributed by atoms with Crippen LogP contribution in [0.15, 0.2) is 47.4 Å². The fourth-order valence-corrected chi connectivity index (χ4v) is 4.79. The van der Waals surface area contributed by atoms with Crippen LogP contribution in [-0.2, 0) is 10.0 Å². The summed E-state index contributed by atoms with van der Waals surface area (Å²) in [6, 6.07) is 12.0. The maximum atomic E-state index is 13.2. The predicted octanol–water partition coefficient (Wildman–Crippen LogP) is 3.08. The average Bonchev–Trinajstić information content (AvgIpc) is 3.11. The van der Waals surface area contributed by atoms with Crippen molar-refractivity contribution in [3.05, 3.63) is 53.6 Å². The summed E-state index contributed by atoms with van der Waals surface area (Å²) in [5.41, 5.74) is 1.51. The number of sulfonamides is 1. The standard InChI is InChI=1S/C22H26N2O5S/c1-23(2)30(26,27)18-9-6-16(7-10-18)22(25)24-12-3-5-19(24)17-8-11-20-21(15-17)29-14-4-13-28-20/h6-11,15,19H,3-5,12-14H2,1-2H3. The van der Waals surface area contributed by atoms with Gasteiger partial charge in [-0.25, -0.2) is 12.7 Å². The first kappa shape index (κ1) is 20.7. The van der Waals surface area contributed by atoms with Crippen LogP contribution in [0.1, 0.15) is 41.2 Å². The van der Waals surface area contributed by atoms with Gasteiger partial charge in [0.15, 0.2) is 11.5 Å². The van der Waals surface area contributed by atoms with Crippen LogP contribution in [0, 0.1) is 0 Å². The van der Waals surface area contributed by atoms with Gasteiger partial charge in [0, 0.05) is 32.6 Å². The van der Waals surface area contributed by atoms with Crippen LogP contribution in [0.5, 0.6) is 11.5 Å². The molecule has 1 saturated heterocycles. The Hall–Kier alpha value is -2.58. The van der Waals surface area contributed by atoms with Gasteiger partial charge in [-0.05, 0) is 54.8 Å². The Bertz CT molecular complexity index is 1030. The lowest BCUT2D eigenvalue weighted by Crippen LogP contribution is -2.30. The maximum Gasteiger partial charge on any atom is 0.254 e. The minimum absolute atomic E-state index is 0.0418. The first-order chi connectivity index (χ1) is 14.4. The molecule has 0 aromatic heterocycles. The van der Waals surface area contributed by atoms with E-state index < -0.39 is 10.0 Å². The summed E-state index contributed by atoms with van der Waals surface area (Å²) in [5, 5.41) is 0. The SMILES string of the molecule is CN(C)S(=O)(=O)c1ccc(C(=O)N2CCCC2c2ccc3c(c2)OCCCO3)cc1. The minimum atomic E-state index is -3.52. The molecule has 0 aliphatic carbocycles. The molecule has 7 nitrogen and oxygen atoms in total. The highest BCUT2D eigenvalue weighted by Crippen LogP contribution is 2.38. The highest BCUT2D eigenvalue weighted by Gasteiger charge is 2.31. The Morgan fingerprint density at radius 1 is 1.00 bits per heavy atom. The van der Waals surface area contributed by atoms with Crippen LogP contribution in [0.25, 0.3) is 0 Å². The van der Waals surface area contributed by atoms with Gasteiger partial charge in [0.25, 0.3) is 5.91 Å². The van der Waals surface area contributed by atoms with E-state index in [2.05, 4.69) is 0 Å². The lowest BCUT2D eigenvalue weighted by Gasteiger charge is -2.26. The predicted molar refractivity (Wildman–Crippen MR) is 112 cm³/mol. The van der Waals surface area contributed by atoms with E-state index >= 15 is 0 Å². The maximum absolute atomic E-state index is 13.2. The van der Waals surface area contributed by atoms with Crippen LogP contribution in [0.3, 0.4) is 0 Å². The number of amides is 1. The zero-order chi connectivity index (χ0) is 21.3. The molecule has 0 N–H and O–H groups in total. The number of ether oxygens (including phenoxy) is 2. The van der Waals surface area contributed by atoms with Crippen molar-refractivity contribution in [1.82, 2.24) is 9.21 Å². The lowest BCUT2D eigenvalue weighted by atomic mass is 10.0. The molecular formula is C22H26N2O5S. The Morgan fingerprint density at radius 2 is 1.70 bits per heavy atom. The number of benzene rings is 2. The molecule has 0 saturated carbocycles. The van der Waals surface area contributed by atoms with Crippen molar-refractivity contribution >= 4 is 15.9 Å². The lowest BCUT2D eigenvalue weighted by molar-refractivity contribution is 0.0735. The van der Waals surface area contributed by atoms with Crippen molar-refractivity contribution in [3.8, 4) is 11.5 Å². The van der Waals surface area contributed by atoms with Crippen molar-refractivity contribution in [2.45, 2.75) is 30.2 Å². The molecular weight excluding hydrogens is 404 g/mol. The average molecular weight is 431 g/mol. The minimum Gasteiger partial charge on any atom is -0.490 e. The van der Waals surface area contributed by atoms with Gasteiger partial charge < -0.3 is 14.4 Å². The highest BCUT2D eigenvalue weighted by molar-refractivity contribution is 7.89. The van der Waals surface area contributed by atoms with E-state index in [0.717, 1.165) is 40.6 Å². The van der Waals surface area contributed by atoms with Crippen LogP contribution in [0.4, 0.5) is 0 Å². The molecule has 1 fully saturated rings. The van der Waals surface area contributed by atoms with Crippen LogP contribution in [0.2, 0.25) is 0 Å². The number of likely N-dealkylation sites (tertiary alicyclic amines) is 1. The Morgan fingerprint density at radius 3 is 2.40 bits per heavy atom. The van der Waals surface area contributed by atoms with E-state index in [9.17, 15) is 13.2 Å². The van der Waals surface area contributed by atoms with Crippen LogP contribution >= 0.6 is 0 Å². The van der Waals surface area contributed by atoms with E-state index in [0.29, 0.717) is 25.3 Å². The molecule has 1 atom stereocenters. The third kappa shape index (κ3) is 3.89.